The Morgan fingerprint density at radius 3 is 2.20 bits per heavy atom. The minimum atomic E-state index is -0.404. The van der Waals surface area contributed by atoms with Gasteiger partial charge in [-0.15, -0.1) is 0 Å². The minimum absolute atomic E-state index is 0.404. The first-order chi connectivity index (χ1) is 12.2. The van der Waals surface area contributed by atoms with Crippen molar-refractivity contribution in [1.82, 2.24) is 4.57 Å². The highest BCUT2D eigenvalue weighted by Gasteiger charge is 2.15. The summed E-state index contributed by atoms with van der Waals surface area (Å²) < 4.78 is 2.22. The van der Waals surface area contributed by atoms with Gasteiger partial charge in [0, 0.05) is 28.7 Å². The van der Waals surface area contributed by atoms with E-state index < -0.39 is 6.10 Å². The number of aliphatic hydroxyl groups is 1. The first-order valence-corrected chi connectivity index (χ1v) is 8.65. The molecule has 0 saturated carbocycles. The highest BCUT2D eigenvalue weighted by Crippen LogP contribution is 2.35. The molecule has 1 atom stereocenters. The van der Waals surface area contributed by atoms with E-state index in [1.165, 1.54) is 22.1 Å². The molecule has 0 bridgehead atoms. The molecule has 0 saturated heterocycles. The zero-order valence-corrected chi connectivity index (χ0v) is 14.3. The first-order valence-electron chi connectivity index (χ1n) is 8.65. The second kappa shape index (κ2) is 6.58. The summed E-state index contributed by atoms with van der Waals surface area (Å²) in [5, 5.41) is 11.2. The van der Waals surface area contributed by atoms with E-state index in [9.17, 15) is 5.11 Å². The third-order valence-electron chi connectivity index (χ3n) is 4.55. The summed E-state index contributed by atoms with van der Waals surface area (Å²) >= 11 is 0. The maximum atomic E-state index is 10.0. The SMILES string of the molecule is CC(O)Cn1c(-c2ccccc2-c2ccccc2)cc2ccccc21. The third kappa shape index (κ3) is 2.97. The lowest BCUT2D eigenvalue weighted by Gasteiger charge is -2.15. The van der Waals surface area contributed by atoms with Gasteiger partial charge in [-0.05, 0) is 30.2 Å². The molecule has 1 heterocycles. The van der Waals surface area contributed by atoms with Gasteiger partial charge in [-0.3, -0.25) is 0 Å². The molecule has 0 radical (unpaired) electrons. The highest BCUT2D eigenvalue weighted by molar-refractivity contribution is 5.91. The fourth-order valence-electron chi connectivity index (χ4n) is 3.47. The van der Waals surface area contributed by atoms with Crippen LogP contribution in [0.25, 0.3) is 33.3 Å². The van der Waals surface area contributed by atoms with Crippen molar-refractivity contribution in [2.45, 2.75) is 19.6 Å². The normalized spacial score (nSPS) is 12.4. The van der Waals surface area contributed by atoms with Crippen LogP contribution in [0.15, 0.2) is 84.9 Å². The number of benzene rings is 3. The van der Waals surface area contributed by atoms with Crippen LogP contribution in [0.1, 0.15) is 6.92 Å². The van der Waals surface area contributed by atoms with Gasteiger partial charge in [0.1, 0.15) is 0 Å². The molecule has 124 valence electrons. The molecule has 4 rings (SSSR count). The van der Waals surface area contributed by atoms with Crippen LogP contribution in [0.4, 0.5) is 0 Å². The zero-order chi connectivity index (χ0) is 17.2. The number of rotatable bonds is 4. The second-order valence-corrected chi connectivity index (χ2v) is 6.46. The van der Waals surface area contributed by atoms with Crippen molar-refractivity contribution in [2.75, 3.05) is 0 Å². The Balaban J connectivity index is 1.97. The zero-order valence-electron chi connectivity index (χ0n) is 14.3. The fraction of sp³-hybridized carbons (Fsp3) is 0.130. The van der Waals surface area contributed by atoms with E-state index in [0.29, 0.717) is 6.54 Å². The lowest BCUT2D eigenvalue weighted by atomic mass is 9.97. The van der Waals surface area contributed by atoms with Crippen LogP contribution in [0.5, 0.6) is 0 Å². The Kier molecular flexibility index (Phi) is 4.12. The molecule has 0 aliphatic carbocycles. The number of fused-ring (bicyclic) bond motifs is 1. The average Bonchev–Trinajstić information content (AvgIpc) is 3.00. The number of hydrogen-bond donors (Lipinski definition) is 1. The van der Waals surface area contributed by atoms with Gasteiger partial charge in [-0.25, -0.2) is 0 Å². The van der Waals surface area contributed by atoms with Crippen LogP contribution < -0.4 is 0 Å². The topological polar surface area (TPSA) is 25.2 Å². The Morgan fingerprint density at radius 2 is 1.44 bits per heavy atom. The van der Waals surface area contributed by atoms with Gasteiger partial charge in [-0.1, -0.05) is 72.8 Å². The predicted molar refractivity (Wildman–Crippen MR) is 104 cm³/mol. The van der Waals surface area contributed by atoms with Gasteiger partial charge < -0.3 is 9.67 Å². The number of aliphatic hydroxyl groups excluding tert-OH is 1. The third-order valence-corrected chi connectivity index (χ3v) is 4.55. The lowest BCUT2D eigenvalue weighted by Crippen LogP contribution is -2.12. The standard InChI is InChI=1S/C23H21NO/c1-17(25)16-24-22-14-8-5-11-19(22)15-23(24)21-13-7-6-12-20(21)18-9-3-2-4-10-18/h2-15,17,25H,16H2,1H3. The Hall–Kier alpha value is -2.84. The van der Waals surface area contributed by atoms with Crippen molar-refractivity contribution >= 4 is 10.9 Å². The Morgan fingerprint density at radius 1 is 0.800 bits per heavy atom. The number of para-hydroxylation sites is 1. The van der Waals surface area contributed by atoms with Gasteiger partial charge in [-0.2, -0.15) is 0 Å². The van der Waals surface area contributed by atoms with Crippen LogP contribution in [-0.2, 0) is 6.54 Å². The molecule has 0 aliphatic rings. The molecule has 0 amide bonds. The largest absolute Gasteiger partial charge is 0.392 e. The monoisotopic (exact) mass is 327 g/mol. The molecule has 2 nitrogen and oxygen atoms in total. The van der Waals surface area contributed by atoms with Gasteiger partial charge in [0.15, 0.2) is 0 Å². The summed E-state index contributed by atoms with van der Waals surface area (Å²) in [6, 6.07) is 29.5. The number of hydrogen-bond acceptors (Lipinski definition) is 1. The van der Waals surface area contributed by atoms with E-state index in [-0.39, 0.29) is 0 Å². The smallest absolute Gasteiger partial charge is 0.0691 e. The van der Waals surface area contributed by atoms with E-state index >= 15 is 0 Å². The average molecular weight is 327 g/mol. The second-order valence-electron chi connectivity index (χ2n) is 6.46. The molecule has 2 heteroatoms. The Bertz CT molecular complexity index is 999. The summed E-state index contributed by atoms with van der Waals surface area (Å²) in [5.41, 5.74) is 5.89. The molecule has 1 aromatic heterocycles. The van der Waals surface area contributed by atoms with Crippen LogP contribution in [-0.4, -0.2) is 15.8 Å². The summed E-state index contributed by atoms with van der Waals surface area (Å²) in [6.07, 6.45) is -0.404. The summed E-state index contributed by atoms with van der Waals surface area (Å²) in [7, 11) is 0. The van der Waals surface area contributed by atoms with Crippen LogP contribution in [0.2, 0.25) is 0 Å². The van der Waals surface area contributed by atoms with Gasteiger partial charge in [0.05, 0.1) is 6.10 Å². The fourth-order valence-corrected chi connectivity index (χ4v) is 3.47. The molecule has 0 fully saturated rings. The first kappa shape index (κ1) is 15.7. The van der Waals surface area contributed by atoms with E-state index in [0.717, 1.165) is 11.2 Å². The quantitative estimate of drug-likeness (QED) is 0.536. The van der Waals surface area contributed by atoms with E-state index in [4.69, 9.17) is 0 Å². The van der Waals surface area contributed by atoms with E-state index in [2.05, 4.69) is 77.4 Å². The van der Waals surface area contributed by atoms with Crippen molar-refractivity contribution < 1.29 is 5.11 Å². The van der Waals surface area contributed by atoms with Crippen molar-refractivity contribution in [3.8, 4) is 22.4 Å². The molecular weight excluding hydrogens is 306 g/mol. The van der Waals surface area contributed by atoms with Gasteiger partial charge >= 0.3 is 0 Å². The summed E-state index contributed by atoms with van der Waals surface area (Å²) in [5.74, 6) is 0. The molecular formula is C23H21NO. The molecule has 1 N–H and O–H groups in total. The molecule has 1 unspecified atom stereocenters. The number of nitrogens with zero attached hydrogens (tertiary/aromatic N) is 1. The molecule has 4 aromatic rings. The highest BCUT2D eigenvalue weighted by atomic mass is 16.3. The van der Waals surface area contributed by atoms with Crippen molar-refractivity contribution in [3.63, 3.8) is 0 Å². The maximum Gasteiger partial charge on any atom is 0.0691 e. The number of aromatic nitrogens is 1. The van der Waals surface area contributed by atoms with Crippen molar-refractivity contribution in [1.29, 1.82) is 0 Å². The van der Waals surface area contributed by atoms with Crippen LogP contribution >= 0.6 is 0 Å². The Labute approximate surface area is 148 Å². The van der Waals surface area contributed by atoms with Crippen LogP contribution in [0, 0.1) is 0 Å². The summed E-state index contributed by atoms with van der Waals surface area (Å²) in [4.78, 5) is 0. The summed E-state index contributed by atoms with van der Waals surface area (Å²) in [6.45, 7) is 2.41. The maximum absolute atomic E-state index is 10.0. The lowest BCUT2D eigenvalue weighted by molar-refractivity contribution is 0.176. The van der Waals surface area contributed by atoms with E-state index in [1.807, 2.05) is 19.1 Å². The van der Waals surface area contributed by atoms with Gasteiger partial charge in [0.25, 0.3) is 0 Å². The van der Waals surface area contributed by atoms with Gasteiger partial charge in [0.2, 0.25) is 0 Å². The van der Waals surface area contributed by atoms with Crippen LogP contribution in [0.3, 0.4) is 0 Å². The molecule has 0 spiro atoms. The van der Waals surface area contributed by atoms with Crippen molar-refractivity contribution in [2.24, 2.45) is 0 Å². The van der Waals surface area contributed by atoms with Crippen molar-refractivity contribution in [3.05, 3.63) is 84.9 Å². The molecule has 25 heavy (non-hydrogen) atoms. The molecule has 3 aromatic carbocycles. The molecule has 0 aliphatic heterocycles. The van der Waals surface area contributed by atoms with E-state index in [1.54, 1.807) is 0 Å². The minimum Gasteiger partial charge on any atom is -0.392 e. The predicted octanol–water partition coefficient (Wildman–Crippen LogP) is 5.36.